The molecule has 0 saturated heterocycles. The minimum absolute atomic E-state index is 0.228. The molecule has 5 rings (SSSR count). The number of carbonyl (C=O) groups is 1. The molecule has 1 aliphatic rings. The van der Waals surface area contributed by atoms with E-state index < -0.39 is 0 Å². The van der Waals surface area contributed by atoms with Gasteiger partial charge in [-0.1, -0.05) is 54.1 Å². The molecule has 0 radical (unpaired) electrons. The van der Waals surface area contributed by atoms with E-state index in [0.29, 0.717) is 10.6 Å². The Morgan fingerprint density at radius 3 is 2.56 bits per heavy atom. The lowest BCUT2D eigenvalue weighted by Crippen LogP contribution is -2.30. The summed E-state index contributed by atoms with van der Waals surface area (Å²) in [5.74, 6) is -0.228. The smallest absolute Gasteiger partial charge is 0.271 e. The van der Waals surface area contributed by atoms with Gasteiger partial charge >= 0.3 is 0 Å². The van der Waals surface area contributed by atoms with Crippen LogP contribution in [0.2, 0.25) is 5.02 Å². The summed E-state index contributed by atoms with van der Waals surface area (Å²) in [5.41, 5.74) is 11.3. The summed E-state index contributed by atoms with van der Waals surface area (Å²) in [4.78, 5) is 15.1. The van der Waals surface area contributed by atoms with Gasteiger partial charge in [-0.25, -0.2) is 5.43 Å². The van der Waals surface area contributed by atoms with Crippen molar-refractivity contribution in [3.05, 3.63) is 123 Å². The minimum atomic E-state index is -0.228. The molecule has 0 aliphatic carbocycles. The number of fused-ring (bicyclic) bond motifs is 1. The molecule has 0 unspecified atom stereocenters. The maximum absolute atomic E-state index is 12.6. The Morgan fingerprint density at radius 1 is 1.00 bits per heavy atom. The maximum Gasteiger partial charge on any atom is 0.271 e. The lowest BCUT2D eigenvalue weighted by Gasteiger charge is -2.28. The minimum Gasteiger partial charge on any atom is -0.318 e. The monoisotopic (exact) mass is 496 g/mol. The van der Waals surface area contributed by atoms with Crippen molar-refractivity contribution in [2.45, 2.75) is 33.4 Å². The first-order chi connectivity index (χ1) is 17.5. The fraction of sp³-hybridized carbons (Fsp3) is 0.200. The molecule has 5 nitrogen and oxygen atoms in total. The molecule has 0 spiro atoms. The normalized spacial score (nSPS) is 13.6. The summed E-state index contributed by atoms with van der Waals surface area (Å²) in [6, 6.07) is 26.2. The number of rotatable bonds is 6. The van der Waals surface area contributed by atoms with Gasteiger partial charge in [0.2, 0.25) is 0 Å². The van der Waals surface area contributed by atoms with E-state index in [2.05, 4.69) is 44.3 Å². The van der Waals surface area contributed by atoms with Crippen molar-refractivity contribution in [2.75, 3.05) is 6.54 Å². The van der Waals surface area contributed by atoms with Gasteiger partial charge in [-0.2, -0.15) is 5.10 Å². The third kappa shape index (κ3) is 5.27. The van der Waals surface area contributed by atoms with Crippen molar-refractivity contribution in [3.63, 3.8) is 0 Å². The Labute approximate surface area is 217 Å². The first-order valence-corrected chi connectivity index (χ1v) is 12.5. The number of nitrogens with one attached hydrogen (secondary N) is 1. The van der Waals surface area contributed by atoms with Gasteiger partial charge in [0.05, 0.1) is 6.21 Å². The molecule has 1 amide bonds. The van der Waals surface area contributed by atoms with Gasteiger partial charge in [0.15, 0.2) is 0 Å². The molecule has 1 aromatic heterocycles. The van der Waals surface area contributed by atoms with Crippen molar-refractivity contribution in [3.8, 4) is 5.69 Å². The molecule has 0 saturated carbocycles. The van der Waals surface area contributed by atoms with Crippen LogP contribution in [0.15, 0.2) is 84.0 Å². The van der Waals surface area contributed by atoms with E-state index >= 15 is 0 Å². The van der Waals surface area contributed by atoms with Gasteiger partial charge in [0.1, 0.15) is 0 Å². The van der Waals surface area contributed by atoms with Gasteiger partial charge in [-0.3, -0.25) is 9.69 Å². The fourth-order valence-electron chi connectivity index (χ4n) is 4.86. The Bertz CT molecular complexity index is 1420. The van der Waals surface area contributed by atoms with Crippen molar-refractivity contribution >= 4 is 23.7 Å². The summed E-state index contributed by atoms with van der Waals surface area (Å²) >= 11 is 6.17. The molecular weight excluding hydrogens is 468 g/mol. The average molecular weight is 497 g/mol. The Kier molecular flexibility index (Phi) is 7.03. The number of benzene rings is 3. The van der Waals surface area contributed by atoms with Crippen molar-refractivity contribution in [1.82, 2.24) is 14.9 Å². The molecule has 6 heteroatoms. The topological polar surface area (TPSA) is 49.6 Å². The Balaban J connectivity index is 1.20. The third-order valence-corrected chi connectivity index (χ3v) is 6.97. The largest absolute Gasteiger partial charge is 0.318 e. The van der Waals surface area contributed by atoms with Crippen molar-refractivity contribution in [2.24, 2.45) is 5.10 Å². The number of carbonyl (C=O) groups excluding carboxylic acids is 1. The van der Waals surface area contributed by atoms with Crippen molar-refractivity contribution < 1.29 is 4.79 Å². The van der Waals surface area contributed by atoms with E-state index in [-0.39, 0.29) is 5.91 Å². The number of halogens is 1. The van der Waals surface area contributed by atoms with Crippen LogP contribution in [0.3, 0.4) is 0 Å². The number of hydrogen-bond donors (Lipinski definition) is 1. The highest BCUT2D eigenvalue weighted by atomic mass is 35.5. The van der Waals surface area contributed by atoms with Crippen LogP contribution in [-0.2, 0) is 19.5 Å². The number of amides is 1. The maximum atomic E-state index is 12.6. The number of hydrazone groups is 1. The molecular formula is C30H29ClN4O. The van der Waals surface area contributed by atoms with Gasteiger partial charge < -0.3 is 4.57 Å². The lowest BCUT2D eigenvalue weighted by molar-refractivity contribution is 0.0955. The van der Waals surface area contributed by atoms with E-state index in [0.717, 1.165) is 48.7 Å². The van der Waals surface area contributed by atoms with E-state index in [1.165, 1.54) is 16.7 Å². The fourth-order valence-corrected chi connectivity index (χ4v) is 5.05. The van der Waals surface area contributed by atoms with Crippen molar-refractivity contribution in [1.29, 1.82) is 0 Å². The van der Waals surface area contributed by atoms with Gasteiger partial charge in [-0.05, 0) is 73.4 Å². The predicted molar refractivity (Wildman–Crippen MR) is 146 cm³/mol. The summed E-state index contributed by atoms with van der Waals surface area (Å²) in [7, 11) is 0. The number of hydrogen-bond acceptors (Lipinski definition) is 3. The predicted octanol–water partition coefficient (Wildman–Crippen LogP) is 6.07. The standard InChI is InChI=1S/C30H29ClN4O/c1-21-16-27(22(2)35(21)29-9-5-8-28(31)17-29)18-32-33-30(36)25-12-10-23(11-13-25)19-34-15-14-24-6-3-4-7-26(24)20-34/h3-13,16-18H,14-15,19-20H2,1-2H3,(H,33,36). The van der Waals surface area contributed by atoms with Gasteiger partial charge in [-0.15, -0.1) is 0 Å². The average Bonchev–Trinajstić information content (AvgIpc) is 3.17. The Hall–Kier alpha value is -3.67. The van der Waals surface area contributed by atoms with Gasteiger partial charge in [0, 0.05) is 52.9 Å². The van der Waals surface area contributed by atoms with Crippen LogP contribution < -0.4 is 5.43 Å². The first-order valence-electron chi connectivity index (χ1n) is 12.1. The lowest BCUT2D eigenvalue weighted by atomic mass is 9.99. The SMILES string of the molecule is Cc1cc(C=NNC(=O)c2ccc(CN3CCc4ccccc4C3)cc2)c(C)n1-c1cccc(Cl)c1. The zero-order valence-corrected chi connectivity index (χ0v) is 21.3. The van der Waals surface area contributed by atoms with E-state index in [1.54, 1.807) is 6.21 Å². The molecule has 0 bridgehead atoms. The number of aryl methyl sites for hydroxylation is 1. The second-order valence-electron chi connectivity index (χ2n) is 9.27. The molecule has 4 aromatic rings. The highest BCUT2D eigenvalue weighted by Gasteiger charge is 2.16. The zero-order chi connectivity index (χ0) is 25.1. The summed E-state index contributed by atoms with van der Waals surface area (Å²) in [6.07, 6.45) is 2.76. The highest BCUT2D eigenvalue weighted by molar-refractivity contribution is 6.30. The highest BCUT2D eigenvalue weighted by Crippen LogP contribution is 2.23. The van der Waals surface area contributed by atoms with Crippen LogP contribution in [0.25, 0.3) is 5.69 Å². The van der Waals surface area contributed by atoms with Crippen LogP contribution in [0.5, 0.6) is 0 Å². The van der Waals surface area contributed by atoms with Crippen LogP contribution in [0.4, 0.5) is 0 Å². The molecule has 182 valence electrons. The molecule has 0 atom stereocenters. The number of nitrogens with zero attached hydrogens (tertiary/aromatic N) is 3. The molecule has 0 fully saturated rings. The molecule has 1 N–H and O–H groups in total. The summed E-state index contributed by atoms with van der Waals surface area (Å²) in [5, 5.41) is 4.90. The molecule has 1 aliphatic heterocycles. The second-order valence-corrected chi connectivity index (χ2v) is 9.70. The van der Waals surface area contributed by atoms with Gasteiger partial charge in [0.25, 0.3) is 5.91 Å². The zero-order valence-electron chi connectivity index (χ0n) is 20.5. The quantitative estimate of drug-likeness (QED) is 0.260. The van der Waals surface area contributed by atoms with Crippen LogP contribution in [0.1, 0.15) is 44.0 Å². The third-order valence-electron chi connectivity index (χ3n) is 6.74. The molecule has 2 heterocycles. The molecule has 36 heavy (non-hydrogen) atoms. The summed E-state index contributed by atoms with van der Waals surface area (Å²) < 4.78 is 2.12. The van der Waals surface area contributed by atoms with E-state index in [4.69, 9.17) is 11.6 Å². The van der Waals surface area contributed by atoms with Crippen LogP contribution in [0, 0.1) is 13.8 Å². The van der Waals surface area contributed by atoms with E-state index in [9.17, 15) is 4.79 Å². The van der Waals surface area contributed by atoms with E-state index in [1.807, 2.05) is 68.4 Å². The first kappa shape index (κ1) is 24.0. The molecule has 3 aromatic carbocycles. The second kappa shape index (κ2) is 10.5. The van der Waals surface area contributed by atoms with Crippen LogP contribution in [-0.4, -0.2) is 28.1 Å². The van der Waals surface area contributed by atoms with Crippen LogP contribution >= 0.6 is 11.6 Å². The number of aromatic nitrogens is 1. The Morgan fingerprint density at radius 2 is 1.78 bits per heavy atom. The summed E-state index contributed by atoms with van der Waals surface area (Å²) in [6.45, 7) is 6.94.